The van der Waals surface area contributed by atoms with Crippen molar-refractivity contribution >= 4 is 23.0 Å². The van der Waals surface area contributed by atoms with Gasteiger partial charge in [0, 0.05) is 12.1 Å². The van der Waals surface area contributed by atoms with Crippen molar-refractivity contribution in [3.8, 4) is 5.75 Å². The Hall–Kier alpha value is -2.85. The third kappa shape index (κ3) is 5.60. The standard InChI is InChI=1S/C22H22N2OS/c26-22(24-20-12-5-2-6-13-20)23-15-16-25-21-14-8-7-11-19(21)17-18-9-3-1-4-10-18/h1-14H,15-17H2,(H2,23,24,26). The van der Waals surface area contributed by atoms with Crippen LogP contribution in [0.5, 0.6) is 5.75 Å². The summed E-state index contributed by atoms with van der Waals surface area (Å²) in [7, 11) is 0. The van der Waals surface area contributed by atoms with Gasteiger partial charge < -0.3 is 15.4 Å². The van der Waals surface area contributed by atoms with Crippen LogP contribution >= 0.6 is 12.2 Å². The van der Waals surface area contributed by atoms with Gasteiger partial charge in [0.1, 0.15) is 12.4 Å². The molecule has 0 fully saturated rings. The average molecular weight is 362 g/mol. The van der Waals surface area contributed by atoms with Crippen molar-refractivity contribution in [2.75, 3.05) is 18.5 Å². The quantitative estimate of drug-likeness (QED) is 0.474. The van der Waals surface area contributed by atoms with E-state index in [-0.39, 0.29) is 0 Å². The van der Waals surface area contributed by atoms with E-state index in [2.05, 4.69) is 41.0 Å². The van der Waals surface area contributed by atoms with E-state index < -0.39 is 0 Å². The Labute approximate surface area is 160 Å². The number of thiocarbonyl (C=S) groups is 1. The lowest BCUT2D eigenvalue weighted by atomic mass is 10.0. The van der Waals surface area contributed by atoms with Crippen LogP contribution in [-0.2, 0) is 6.42 Å². The van der Waals surface area contributed by atoms with Crippen LogP contribution in [0.3, 0.4) is 0 Å². The van der Waals surface area contributed by atoms with Crippen molar-refractivity contribution < 1.29 is 4.74 Å². The SMILES string of the molecule is S=C(NCCOc1ccccc1Cc1ccccc1)Nc1ccccc1. The van der Waals surface area contributed by atoms with Gasteiger partial charge in [-0.25, -0.2) is 0 Å². The highest BCUT2D eigenvalue weighted by molar-refractivity contribution is 7.80. The predicted molar refractivity (Wildman–Crippen MR) is 112 cm³/mol. The summed E-state index contributed by atoms with van der Waals surface area (Å²) in [5.41, 5.74) is 3.43. The Bertz CT molecular complexity index is 822. The Kier molecular flexibility index (Phi) is 6.62. The summed E-state index contributed by atoms with van der Waals surface area (Å²) in [6.07, 6.45) is 0.860. The Morgan fingerprint density at radius 1 is 0.808 bits per heavy atom. The van der Waals surface area contributed by atoms with E-state index in [1.54, 1.807) is 0 Å². The monoisotopic (exact) mass is 362 g/mol. The van der Waals surface area contributed by atoms with Gasteiger partial charge in [-0.05, 0) is 41.5 Å². The highest BCUT2D eigenvalue weighted by Crippen LogP contribution is 2.21. The van der Waals surface area contributed by atoms with Crippen molar-refractivity contribution in [1.82, 2.24) is 5.32 Å². The Morgan fingerprint density at radius 2 is 1.46 bits per heavy atom. The molecule has 132 valence electrons. The van der Waals surface area contributed by atoms with Gasteiger partial charge >= 0.3 is 0 Å². The van der Waals surface area contributed by atoms with Crippen LogP contribution in [0, 0.1) is 0 Å². The smallest absolute Gasteiger partial charge is 0.170 e. The average Bonchev–Trinajstić information content (AvgIpc) is 2.68. The molecule has 0 amide bonds. The molecular weight excluding hydrogens is 340 g/mol. The summed E-state index contributed by atoms with van der Waals surface area (Å²) in [5, 5.41) is 6.91. The van der Waals surface area contributed by atoms with E-state index in [1.165, 1.54) is 11.1 Å². The van der Waals surface area contributed by atoms with Crippen molar-refractivity contribution in [3.63, 3.8) is 0 Å². The van der Waals surface area contributed by atoms with Gasteiger partial charge in [-0.15, -0.1) is 0 Å². The molecule has 0 aliphatic heterocycles. The van der Waals surface area contributed by atoms with Crippen molar-refractivity contribution in [3.05, 3.63) is 96.1 Å². The molecule has 26 heavy (non-hydrogen) atoms. The molecule has 0 atom stereocenters. The maximum atomic E-state index is 5.96. The predicted octanol–water partition coefficient (Wildman–Crippen LogP) is 4.64. The summed E-state index contributed by atoms with van der Waals surface area (Å²) >= 11 is 5.30. The van der Waals surface area contributed by atoms with E-state index in [4.69, 9.17) is 17.0 Å². The van der Waals surface area contributed by atoms with Crippen molar-refractivity contribution in [2.45, 2.75) is 6.42 Å². The van der Waals surface area contributed by atoms with Crippen molar-refractivity contribution in [1.29, 1.82) is 0 Å². The second-order valence-electron chi connectivity index (χ2n) is 5.87. The first kappa shape index (κ1) is 18.0. The molecule has 4 heteroatoms. The molecule has 0 bridgehead atoms. The van der Waals surface area contributed by atoms with Gasteiger partial charge in [-0.1, -0.05) is 66.7 Å². The fraction of sp³-hybridized carbons (Fsp3) is 0.136. The normalized spacial score (nSPS) is 10.2. The van der Waals surface area contributed by atoms with E-state index >= 15 is 0 Å². The molecule has 3 nitrogen and oxygen atoms in total. The maximum Gasteiger partial charge on any atom is 0.170 e. The summed E-state index contributed by atoms with van der Waals surface area (Å²) in [5.74, 6) is 0.917. The molecule has 3 aromatic rings. The zero-order chi connectivity index (χ0) is 18.0. The summed E-state index contributed by atoms with van der Waals surface area (Å²) < 4.78 is 5.96. The van der Waals surface area contributed by atoms with Gasteiger partial charge in [0.2, 0.25) is 0 Å². The molecule has 0 aliphatic rings. The van der Waals surface area contributed by atoms with Gasteiger partial charge in [0.25, 0.3) is 0 Å². The maximum absolute atomic E-state index is 5.96. The first-order chi connectivity index (χ1) is 12.8. The fourth-order valence-electron chi connectivity index (χ4n) is 2.63. The number of hydrogen-bond acceptors (Lipinski definition) is 2. The molecule has 0 aliphatic carbocycles. The zero-order valence-electron chi connectivity index (χ0n) is 14.5. The van der Waals surface area contributed by atoms with Crippen LogP contribution in [0.25, 0.3) is 0 Å². The van der Waals surface area contributed by atoms with E-state index in [0.717, 1.165) is 17.9 Å². The first-order valence-corrected chi connectivity index (χ1v) is 9.06. The van der Waals surface area contributed by atoms with Crippen LogP contribution in [0.2, 0.25) is 0 Å². The molecule has 0 heterocycles. The topological polar surface area (TPSA) is 33.3 Å². The largest absolute Gasteiger partial charge is 0.491 e. The first-order valence-electron chi connectivity index (χ1n) is 8.66. The number of rotatable bonds is 7. The number of ether oxygens (including phenoxy) is 1. The summed E-state index contributed by atoms with van der Waals surface area (Å²) in [6.45, 7) is 1.18. The third-order valence-corrected chi connectivity index (χ3v) is 4.13. The Balaban J connectivity index is 1.47. The number of benzene rings is 3. The molecule has 0 saturated heterocycles. The molecule has 2 N–H and O–H groups in total. The number of para-hydroxylation sites is 2. The van der Waals surface area contributed by atoms with Crippen LogP contribution in [-0.4, -0.2) is 18.3 Å². The minimum atomic E-state index is 0.544. The molecule has 0 saturated carbocycles. The van der Waals surface area contributed by atoms with Crippen LogP contribution in [0.15, 0.2) is 84.9 Å². The van der Waals surface area contributed by atoms with Gasteiger partial charge in [-0.2, -0.15) is 0 Å². The summed E-state index contributed by atoms with van der Waals surface area (Å²) in [4.78, 5) is 0. The highest BCUT2D eigenvalue weighted by Gasteiger charge is 2.04. The summed E-state index contributed by atoms with van der Waals surface area (Å²) in [6, 6.07) is 28.4. The molecule has 0 unspecified atom stereocenters. The van der Waals surface area contributed by atoms with Crippen molar-refractivity contribution in [2.24, 2.45) is 0 Å². The zero-order valence-corrected chi connectivity index (χ0v) is 15.3. The van der Waals surface area contributed by atoms with Gasteiger partial charge in [0.05, 0.1) is 6.54 Å². The molecule has 3 rings (SSSR count). The second-order valence-corrected chi connectivity index (χ2v) is 6.27. The molecule has 0 spiro atoms. The van der Waals surface area contributed by atoms with Gasteiger partial charge in [-0.3, -0.25) is 0 Å². The molecule has 0 radical (unpaired) electrons. The van der Waals surface area contributed by atoms with Crippen LogP contribution in [0.4, 0.5) is 5.69 Å². The molecule has 0 aromatic heterocycles. The molecular formula is C22H22N2OS. The van der Waals surface area contributed by atoms with E-state index in [1.807, 2.05) is 54.6 Å². The van der Waals surface area contributed by atoms with Crippen LogP contribution < -0.4 is 15.4 Å². The van der Waals surface area contributed by atoms with E-state index in [9.17, 15) is 0 Å². The lowest BCUT2D eigenvalue weighted by molar-refractivity contribution is 0.320. The lowest BCUT2D eigenvalue weighted by Crippen LogP contribution is -2.32. The Morgan fingerprint density at radius 3 is 2.23 bits per heavy atom. The molecule has 3 aromatic carbocycles. The van der Waals surface area contributed by atoms with E-state index in [0.29, 0.717) is 18.3 Å². The third-order valence-electron chi connectivity index (χ3n) is 3.89. The number of hydrogen-bond donors (Lipinski definition) is 2. The minimum absolute atomic E-state index is 0.544. The lowest BCUT2D eigenvalue weighted by Gasteiger charge is -2.13. The van der Waals surface area contributed by atoms with Crippen LogP contribution in [0.1, 0.15) is 11.1 Å². The second kappa shape index (κ2) is 9.59. The van der Waals surface area contributed by atoms with Gasteiger partial charge in [0.15, 0.2) is 5.11 Å². The minimum Gasteiger partial charge on any atom is -0.491 e. The number of nitrogens with one attached hydrogen (secondary N) is 2. The highest BCUT2D eigenvalue weighted by atomic mass is 32.1. The number of anilines is 1. The fourth-order valence-corrected chi connectivity index (χ4v) is 2.85.